The van der Waals surface area contributed by atoms with Crippen molar-refractivity contribution in [3.8, 4) is 5.75 Å². The summed E-state index contributed by atoms with van der Waals surface area (Å²) in [7, 11) is 1.68. The van der Waals surface area contributed by atoms with Gasteiger partial charge < -0.3 is 30.3 Å². The number of aliphatic hydroxyl groups excluding tert-OH is 1. The maximum Gasteiger partial charge on any atom is 0.229 e. The Balaban J connectivity index is 1.56. The zero-order chi connectivity index (χ0) is 21.8. The van der Waals surface area contributed by atoms with Crippen LogP contribution >= 0.6 is 0 Å². The number of piperazine rings is 1. The van der Waals surface area contributed by atoms with Crippen molar-refractivity contribution in [1.82, 2.24) is 14.9 Å². The van der Waals surface area contributed by atoms with Crippen LogP contribution in [0.2, 0.25) is 0 Å². The van der Waals surface area contributed by atoms with Gasteiger partial charge in [0, 0.05) is 45.3 Å². The molecule has 3 N–H and O–H groups in total. The van der Waals surface area contributed by atoms with Crippen molar-refractivity contribution in [3.63, 3.8) is 0 Å². The van der Waals surface area contributed by atoms with Gasteiger partial charge in [-0.2, -0.15) is 9.97 Å². The lowest BCUT2D eigenvalue weighted by atomic mass is 10.2. The fraction of sp³-hybridized carbons (Fsp3) is 0.545. The van der Waals surface area contributed by atoms with Gasteiger partial charge in [-0.3, -0.25) is 4.90 Å². The molecule has 2 aliphatic rings. The molecule has 2 aromatic rings. The summed E-state index contributed by atoms with van der Waals surface area (Å²) in [5, 5.41) is 16.2. The summed E-state index contributed by atoms with van der Waals surface area (Å²) in [6, 6.07) is 8.40. The Kier molecular flexibility index (Phi) is 6.62. The normalized spacial score (nSPS) is 16.4. The van der Waals surface area contributed by atoms with Gasteiger partial charge in [-0.25, -0.2) is 0 Å². The maximum atomic E-state index is 9.20. The van der Waals surface area contributed by atoms with E-state index in [1.165, 1.54) is 0 Å². The number of aliphatic hydroxyl groups is 1. The van der Waals surface area contributed by atoms with Crippen LogP contribution in [-0.2, 0) is 6.54 Å². The standard InChI is InChI=1S/C22H33N7O2/c1-16(2)29-15-24-19-20(23-14-17-4-6-18(31-3)7-5-17)25-22(26-21(19)29)28-10-8-27(9-11-28)12-13-30/h4-7,16,24,30H,8-15H2,1-3H3,(H,23,25,26). The summed E-state index contributed by atoms with van der Waals surface area (Å²) in [6.07, 6.45) is 0. The summed E-state index contributed by atoms with van der Waals surface area (Å²) in [5.74, 6) is 3.39. The fourth-order valence-corrected chi connectivity index (χ4v) is 3.99. The molecule has 168 valence electrons. The Hall–Kier alpha value is -2.78. The van der Waals surface area contributed by atoms with Crippen LogP contribution in [0.5, 0.6) is 5.75 Å². The van der Waals surface area contributed by atoms with Crippen LogP contribution in [0, 0.1) is 0 Å². The molecule has 1 fully saturated rings. The molecule has 31 heavy (non-hydrogen) atoms. The molecule has 2 aliphatic heterocycles. The Morgan fingerprint density at radius 2 is 1.87 bits per heavy atom. The molecule has 0 unspecified atom stereocenters. The number of fused-ring (bicyclic) bond motifs is 1. The summed E-state index contributed by atoms with van der Waals surface area (Å²) in [6.45, 7) is 10.2. The first-order valence-corrected chi connectivity index (χ1v) is 11.0. The largest absolute Gasteiger partial charge is 0.497 e. The van der Waals surface area contributed by atoms with Gasteiger partial charge in [-0.15, -0.1) is 0 Å². The second kappa shape index (κ2) is 9.57. The van der Waals surface area contributed by atoms with E-state index in [0.717, 1.165) is 74.0 Å². The molecule has 3 heterocycles. The van der Waals surface area contributed by atoms with Crippen LogP contribution in [0.25, 0.3) is 0 Å². The number of methoxy groups -OCH3 is 1. The van der Waals surface area contributed by atoms with Crippen molar-refractivity contribution >= 4 is 23.3 Å². The molecule has 0 amide bonds. The molecule has 1 aromatic heterocycles. The SMILES string of the molecule is COc1ccc(CNc2nc(N3CCN(CCO)CC3)nc3c2NCN3C(C)C)cc1. The highest BCUT2D eigenvalue weighted by atomic mass is 16.5. The molecule has 0 aliphatic carbocycles. The third-order valence-electron chi connectivity index (χ3n) is 5.89. The number of nitrogens with one attached hydrogen (secondary N) is 2. The summed E-state index contributed by atoms with van der Waals surface area (Å²) < 4.78 is 5.25. The smallest absolute Gasteiger partial charge is 0.229 e. The van der Waals surface area contributed by atoms with Crippen molar-refractivity contribution in [2.45, 2.75) is 26.4 Å². The second-order valence-corrected chi connectivity index (χ2v) is 8.22. The predicted molar refractivity (Wildman–Crippen MR) is 124 cm³/mol. The van der Waals surface area contributed by atoms with Crippen LogP contribution in [0.1, 0.15) is 19.4 Å². The lowest BCUT2D eigenvalue weighted by molar-refractivity contribution is 0.188. The van der Waals surface area contributed by atoms with Crippen LogP contribution in [0.15, 0.2) is 24.3 Å². The second-order valence-electron chi connectivity index (χ2n) is 8.22. The number of aromatic nitrogens is 2. The molecule has 1 saturated heterocycles. The van der Waals surface area contributed by atoms with Gasteiger partial charge in [0.1, 0.15) is 11.4 Å². The molecular weight excluding hydrogens is 394 g/mol. The van der Waals surface area contributed by atoms with E-state index in [1.54, 1.807) is 7.11 Å². The van der Waals surface area contributed by atoms with E-state index in [2.05, 4.69) is 51.3 Å². The van der Waals surface area contributed by atoms with Crippen LogP contribution in [-0.4, -0.2) is 79.1 Å². The fourth-order valence-electron chi connectivity index (χ4n) is 3.99. The number of hydrogen-bond acceptors (Lipinski definition) is 9. The van der Waals surface area contributed by atoms with E-state index in [1.807, 2.05) is 12.1 Å². The predicted octanol–water partition coefficient (Wildman–Crippen LogP) is 1.81. The highest BCUT2D eigenvalue weighted by Crippen LogP contribution is 2.38. The van der Waals surface area contributed by atoms with Crippen molar-refractivity contribution in [3.05, 3.63) is 29.8 Å². The third kappa shape index (κ3) is 4.77. The van der Waals surface area contributed by atoms with Gasteiger partial charge in [0.2, 0.25) is 5.95 Å². The number of β-amino-alcohol motifs (C(OH)–C–C–N with tert-alkyl or cyclic N) is 1. The quantitative estimate of drug-likeness (QED) is 0.584. The molecule has 0 saturated carbocycles. The molecule has 0 atom stereocenters. The highest BCUT2D eigenvalue weighted by molar-refractivity contribution is 5.83. The van der Waals surface area contributed by atoms with Gasteiger partial charge in [-0.05, 0) is 31.5 Å². The summed E-state index contributed by atoms with van der Waals surface area (Å²) in [4.78, 5) is 16.6. The molecule has 1 aromatic carbocycles. The van der Waals surface area contributed by atoms with Gasteiger partial charge in [0.25, 0.3) is 0 Å². The molecule has 9 heteroatoms. The Labute approximate surface area is 184 Å². The first-order chi connectivity index (χ1) is 15.1. The van der Waals surface area contributed by atoms with Gasteiger partial charge in [0.15, 0.2) is 11.6 Å². The van der Waals surface area contributed by atoms with Crippen LogP contribution in [0.3, 0.4) is 0 Å². The summed E-state index contributed by atoms with van der Waals surface area (Å²) >= 11 is 0. The Morgan fingerprint density at radius 1 is 1.13 bits per heavy atom. The molecule has 0 bridgehead atoms. The van der Waals surface area contributed by atoms with Gasteiger partial charge in [-0.1, -0.05) is 12.1 Å². The zero-order valence-electron chi connectivity index (χ0n) is 18.6. The molecule has 0 radical (unpaired) electrons. The lowest BCUT2D eigenvalue weighted by Gasteiger charge is -2.34. The minimum atomic E-state index is 0.198. The molecule has 0 spiro atoms. The first-order valence-electron chi connectivity index (χ1n) is 11.0. The first kappa shape index (κ1) is 21.5. The average molecular weight is 428 g/mol. The zero-order valence-corrected chi connectivity index (χ0v) is 18.6. The van der Waals surface area contributed by atoms with Gasteiger partial charge >= 0.3 is 0 Å². The van der Waals surface area contributed by atoms with E-state index in [0.29, 0.717) is 12.6 Å². The highest BCUT2D eigenvalue weighted by Gasteiger charge is 2.29. The Morgan fingerprint density at radius 3 is 2.52 bits per heavy atom. The number of nitrogens with zero attached hydrogens (tertiary/aromatic N) is 5. The van der Waals surface area contributed by atoms with Crippen molar-refractivity contribution < 1.29 is 9.84 Å². The van der Waals surface area contributed by atoms with Crippen molar-refractivity contribution in [1.29, 1.82) is 0 Å². The minimum Gasteiger partial charge on any atom is -0.497 e. The maximum absolute atomic E-state index is 9.20. The summed E-state index contributed by atoms with van der Waals surface area (Å²) in [5.41, 5.74) is 2.12. The van der Waals surface area contributed by atoms with E-state index >= 15 is 0 Å². The number of benzene rings is 1. The van der Waals surface area contributed by atoms with Crippen molar-refractivity contribution in [2.75, 3.05) is 73.5 Å². The van der Waals surface area contributed by atoms with Crippen LogP contribution < -0.4 is 25.2 Å². The van der Waals surface area contributed by atoms with E-state index in [-0.39, 0.29) is 6.61 Å². The number of hydrogen-bond donors (Lipinski definition) is 3. The number of rotatable bonds is 8. The lowest BCUT2D eigenvalue weighted by Crippen LogP contribution is -2.47. The molecular formula is C22H33N7O2. The monoisotopic (exact) mass is 427 g/mol. The van der Waals surface area contributed by atoms with E-state index in [9.17, 15) is 5.11 Å². The van der Waals surface area contributed by atoms with Crippen LogP contribution in [0.4, 0.5) is 23.3 Å². The van der Waals surface area contributed by atoms with Gasteiger partial charge in [0.05, 0.1) is 20.4 Å². The Bertz CT molecular complexity index is 867. The molecule has 9 nitrogen and oxygen atoms in total. The van der Waals surface area contributed by atoms with Crippen molar-refractivity contribution in [2.24, 2.45) is 0 Å². The number of anilines is 4. The average Bonchev–Trinajstić information content (AvgIpc) is 3.23. The minimum absolute atomic E-state index is 0.198. The third-order valence-corrected chi connectivity index (χ3v) is 5.89. The topological polar surface area (TPSA) is 89.0 Å². The number of ether oxygens (including phenoxy) is 1. The molecule has 4 rings (SSSR count). The van der Waals surface area contributed by atoms with E-state index in [4.69, 9.17) is 14.7 Å². The van der Waals surface area contributed by atoms with E-state index < -0.39 is 0 Å².